The second-order valence-corrected chi connectivity index (χ2v) is 8.04. The SMILES string of the molecule is CCOC(=O)CCN(C(=O)CC#N)c1ccc(SC(C)(C)C)cc1. The lowest BCUT2D eigenvalue weighted by Crippen LogP contribution is -2.32. The summed E-state index contributed by atoms with van der Waals surface area (Å²) in [6.45, 7) is 8.64. The highest BCUT2D eigenvalue weighted by Gasteiger charge is 2.18. The Kier molecular flexibility index (Phi) is 7.80. The van der Waals surface area contributed by atoms with E-state index < -0.39 is 0 Å². The normalized spacial score (nSPS) is 10.8. The third kappa shape index (κ3) is 7.05. The van der Waals surface area contributed by atoms with E-state index in [-0.39, 0.29) is 36.0 Å². The summed E-state index contributed by atoms with van der Waals surface area (Å²) in [5.41, 5.74) is 0.679. The fraction of sp³-hybridized carbons (Fsp3) is 0.500. The minimum atomic E-state index is -0.354. The van der Waals surface area contributed by atoms with E-state index in [1.807, 2.05) is 30.3 Å². The molecule has 0 saturated carbocycles. The Hall–Kier alpha value is -2.00. The Labute approximate surface area is 148 Å². The molecule has 0 bridgehead atoms. The molecule has 0 aliphatic heterocycles. The number of benzene rings is 1. The summed E-state index contributed by atoms with van der Waals surface area (Å²) in [4.78, 5) is 26.3. The zero-order chi connectivity index (χ0) is 18.2. The molecule has 1 aromatic carbocycles. The van der Waals surface area contributed by atoms with Crippen molar-refractivity contribution in [1.82, 2.24) is 0 Å². The highest BCUT2D eigenvalue weighted by atomic mass is 32.2. The summed E-state index contributed by atoms with van der Waals surface area (Å²) < 4.78 is 5.00. The van der Waals surface area contributed by atoms with Crippen molar-refractivity contribution in [2.45, 2.75) is 50.2 Å². The molecule has 0 radical (unpaired) electrons. The fourth-order valence-electron chi connectivity index (χ4n) is 2.04. The number of hydrogen-bond acceptors (Lipinski definition) is 5. The smallest absolute Gasteiger partial charge is 0.307 e. The molecule has 5 nitrogen and oxygen atoms in total. The molecular formula is C18H24N2O3S. The van der Waals surface area contributed by atoms with E-state index in [4.69, 9.17) is 10.00 Å². The van der Waals surface area contributed by atoms with Crippen LogP contribution in [0.1, 0.15) is 40.5 Å². The van der Waals surface area contributed by atoms with Crippen molar-refractivity contribution in [3.05, 3.63) is 24.3 Å². The Balaban J connectivity index is 2.88. The van der Waals surface area contributed by atoms with Gasteiger partial charge in [-0.1, -0.05) is 20.8 Å². The van der Waals surface area contributed by atoms with Crippen LogP contribution in [0.5, 0.6) is 0 Å². The van der Waals surface area contributed by atoms with Gasteiger partial charge in [-0.25, -0.2) is 0 Å². The van der Waals surface area contributed by atoms with Gasteiger partial charge >= 0.3 is 5.97 Å². The van der Waals surface area contributed by atoms with Crippen molar-refractivity contribution < 1.29 is 14.3 Å². The van der Waals surface area contributed by atoms with Crippen LogP contribution in [-0.2, 0) is 14.3 Å². The number of rotatable bonds is 7. The number of carbonyl (C=O) groups excluding carboxylic acids is 2. The number of amides is 1. The summed E-state index contributed by atoms with van der Waals surface area (Å²) in [6.07, 6.45) is -0.120. The maximum Gasteiger partial charge on any atom is 0.307 e. The third-order valence-corrected chi connectivity index (χ3v) is 4.07. The van der Waals surface area contributed by atoms with Crippen LogP contribution in [0.15, 0.2) is 29.2 Å². The Morgan fingerprint density at radius 2 is 1.88 bits per heavy atom. The first kappa shape index (κ1) is 20.0. The standard InChI is InChI=1S/C18H24N2O3S/c1-5-23-17(22)11-13-20(16(21)10-12-19)14-6-8-15(9-7-14)24-18(2,3)4/h6-9H,5,10-11,13H2,1-4H3. The molecule has 0 aliphatic carbocycles. The zero-order valence-electron chi connectivity index (χ0n) is 14.7. The van der Waals surface area contributed by atoms with Gasteiger partial charge in [-0.3, -0.25) is 9.59 Å². The quantitative estimate of drug-likeness (QED) is 0.554. The van der Waals surface area contributed by atoms with Crippen LogP contribution >= 0.6 is 11.8 Å². The molecule has 0 aromatic heterocycles. The summed E-state index contributed by atoms with van der Waals surface area (Å²) in [6, 6.07) is 9.44. The number of nitrogens with zero attached hydrogens (tertiary/aromatic N) is 2. The van der Waals surface area contributed by atoms with Gasteiger partial charge in [-0.2, -0.15) is 5.26 Å². The molecule has 0 atom stereocenters. The van der Waals surface area contributed by atoms with Gasteiger partial charge in [0.15, 0.2) is 0 Å². The first-order chi connectivity index (χ1) is 11.3. The van der Waals surface area contributed by atoms with Crippen LogP contribution in [0.3, 0.4) is 0 Å². The monoisotopic (exact) mass is 348 g/mol. The molecule has 0 N–H and O–H groups in total. The number of esters is 1. The van der Waals surface area contributed by atoms with E-state index >= 15 is 0 Å². The molecule has 0 aliphatic rings. The van der Waals surface area contributed by atoms with Crippen molar-refractivity contribution in [3.8, 4) is 6.07 Å². The van der Waals surface area contributed by atoms with Gasteiger partial charge in [-0.05, 0) is 31.2 Å². The van der Waals surface area contributed by atoms with Crippen molar-refractivity contribution in [1.29, 1.82) is 5.26 Å². The first-order valence-electron chi connectivity index (χ1n) is 7.89. The van der Waals surface area contributed by atoms with Crippen LogP contribution in [0.25, 0.3) is 0 Å². The van der Waals surface area contributed by atoms with Crippen molar-refractivity contribution in [2.24, 2.45) is 0 Å². The lowest BCUT2D eigenvalue weighted by Gasteiger charge is -2.23. The van der Waals surface area contributed by atoms with Gasteiger partial charge < -0.3 is 9.64 Å². The fourth-order valence-corrected chi connectivity index (χ4v) is 3.02. The number of ether oxygens (including phenoxy) is 1. The maximum atomic E-state index is 12.2. The summed E-state index contributed by atoms with van der Waals surface area (Å²) >= 11 is 1.73. The van der Waals surface area contributed by atoms with E-state index in [1.54, 1.807) is 18.7 Å². The predicted octanol–water partition coefficient (Wildman–Crippen LogP) is 3.78. The predicted molar refractivity (Wildman–Crippen MR) is 95.9 cm³/mol. The Morgan fingerprint density at radius 3 is 2.38 bits per heavy atom. The third-order valence-electron chi connectivity index (χ3n) is 2.95. The van der Waals surface area contributed by atoms with Gasteiger partial charge in [-0.15, -0.1) is 11.8 Å². The van der Waals surface area contributed by atoms with Crippen molar-refractivity contribution >= 4 is 29.3 Å². The highest BCUT2D eigenvalue weighted by Crippen LogP contribution is 2.32. The van der Waals surface area contributed by atoms with E-state index in [9.17, 15) is 9.59 Å². The van der Waals surface area contributed by atoms with E-state index in [2.05, 4.69) is 20.8 Å². The van der Waals surface area contributed by atoms with Gasteiger partial charge in [0, 0.05) is 21.9 Å². The number of carbonyl (C=O) groups is 2. The number of hydrogen-bond donors (Lipinski definition) is 0. The molecule has 0 spiro atoms. The van der Waals surface area contributed by atoms with Crippen LogP contribution in [0.4, 0.5) is 5.69 Å². The first-order valence-corrected chi connectivity index (χ1v) is 8.70. The van der Waals surface area contributed by atoms with Crippen LogP contribution < -0.4 is 4.90 Å². The minimum Gasteiger partial charge on any atom is -0.466 e. The summed E-state index contributed by atoms with van der Waals surface area (Å²) in [5, 5.41) is 8.77. The molecule has 0 saturated heterocycles. The van der Waals surface area contributed by atoms with E-state index in [1.165, 1.54) is 4.90 Å². The van der Waals surface area contributed by atoms with Crippen LogP contribution in [0.2, 0.25) is 0 Å². The minimum absolute atomic E-state index is 0.0990. The summed E-state index contributed by atoms with van der Waals surface area (Å²) in [7, 11) is 0. The number of thioether (sulfide) groups is 1. The Morgan fingerprint density at radius 1 is 1.25 bits per heavy atom. The second-order valence-electron chi connectivity index (χ2n) is 6.14. The van der Waals surface area contributed by atoms with Gasteiger partial charge in [0.25, 0.3) is 0 Å². The molecule has 1 aromatic rings. The lowest BCUT2D eigenvalue weighted by molar-refractivity contribution is -0.142. The number of anilines is 1. The average molecular weight is 348 g/mol. The number of nitriles is 1. The van der Waals surface area contributed by atoms with Crippen molar-refractivity contribution in [3.63, 3.8) is 0 Å². The van der Waals surface area contributed by atoms with Crippen molar-refractivity contribution in [2.75, 3.05) is 18.1 Å². The molecule has 1 amide bonds. The average Bonchev–Trinajstić information content (AvgIpc) is 2.48. The molecule has 130 valence electrons. The zero-order valence-corrected chi connectivity index (χ0v) is 15.5. The largest absolute Gasteiger partial charge is 0.466 e. The molecule has 0 heterocycles. The molecule has 24 heavy (non-hydrogen) atoms. The van der Waals surface area contributed by atoms with Gasteiger partial charge in [0.2, 0.25) is 5.91 Å². The lowest BCUT2D eigenvalue weighted by atomic mass is 10.2. The molecular weight excluding hydrogens is 324 g/mol. The van der Waals surface area contributed by atoms with Crippen LogP contribution in [0, 0.1) is 11.3 Å². The second kappa shape index (κ2) is 9.33. The molecule has 0 fully saturated rings. The highest BCUT2D eigenvalue weighted by molar-refractivity contribution is 8.00. The van der Waals surface area contributed by atoms with Gasteiger partial charge in [0.1, 0.15) is 6.42 Å². The molecule has 6 heteroatoms. The topological polar surface area (TPSA) is 70.4 Å². The molecule has 1 rings (SSSR count). The maximum absolute atomic E-state index is 12.2. The molecule has 0 unspecified atom stereocenters. The Bertz CT molecular complexity index is 600. The van der Waals surface area contributed by atoms with Gasteiger partial charge in [0.05, 0.1) is 19.1 Å². The van der Waals surface area contributed by atoms with E-state index in [0.717, 1.165) is 4.90 Å². The van der Waals surface area contributed by atoms with E-state index in [0.29, 0.717) is 12.3 Å². The van der Waals surface area contributed by atoms with Crippen LogP contribution in [-0.4, -0.2) is 29.8 Å². The summed E-state index contributed by atoms with van der Waals surface area (Å²) in [5.74, 6) is -0.676.